The standard InChI is InChI=1S/C16H23NOS/c1-2-15-13-17(11-12-19-15)10-6-9-16(18)14-7-4-3-5-8-14/h3-5,7-8,15H,2,6,9-13H2,1H3. The predicted octanol–water partition coefficient (Wildman–Crippen LogP) is 3.48. The van der Waals surface area contributed by atoms with Crippen molar-refractivity contribution < 1.29 is 4.79 Å². The average Bonchev–Trinajstić information content (AvgIpc) is 2.48. The number of Topliss-reactive ketones (excluding diaryl/α,β-unsaturated/α-hetero) is 1. The van der Waals surface area contributed by atoms with Crippen LogP contribution in [0.5, 0.6) is 0 Å². The van der Waals surface area contributed by atoms with E-state index >= 15 is 0 Å². The van der Waals surface area contributed by atoms with Gasteiger partial charge in [0.05, 0.1) is 0 Å². The van der Waals surface area contributed by atoms with Gasteiger partial charge in [0.2, 0.25) is 0 Å². The summed E-state index contributed by atoms with van der Waals surface area (Å²) in [6.45, 7) is 5.71. The molecule has 1 saturated heterocycles. The first-order valence-corrected chi connectivity index (χ1v) is 8.26. The zero-order valence-corrected chi connectivity index (χ0v) is 12.5. The maximum Gasteiger partial charge on any atom is 0.162 e. The summed E-state index contributed by atoms with van der Waals surface area (Å²) in [5, 5.41) is 0.790. The van der Waals surface area contributed by atoms with Gasteiger partial charge in [0, 0.05) is 36.1 Å². The van der Waals surface area contributed by atoms with E-state index in [1.165, 1.54) is 25.3 Å². The number of carbonyl (C=O) groups is 1. The largest absolute Gasteiger partial charge is 0.301 e. The van der Waals surface area contributed by atoms with Crippen LogP contribution >= 0.6 is 11.8 Å². The maximum absolute atomic E-state index is 12.0. The zero-order chi connectivity index (χ0) is 13.5. The Kier molecular flexibility index (Phi) is 5.93. The van der Waals surface area contributed by atoms with Gasteiger partial charge in [-0.1, -0.05) is 37.3 Å². The fourth-order valence-corrected chi connectivity index (χ4v) is 3.71. The van der Waals surface area contributed by atoms with Gasteiger partial charge in [0.1, 0.15) is 0 Å². The van der Waals surface area contributed by atoms with Gasteiger partial charge < -0.3 is 4.90 Å². The molecule has 1 aliphatic heterocycles. The second kappa shape index (κ2) is 7.71. The van der Waals surface area contributed by atoms with Gasteiger partial charge in [-0.3, -0.25) is 4.79 Å². The summed E-state index contributed by atoms with van der Waals surface area (Å²) in [6.07, 6.45) is 2.91. The van der Waals surface area contributed by atoms with Crippen molar-refractivity contribution in [3.63, 3.8) is 0 Å². The molecule has 19 heavy (non-hydrogen) atoms. The number of carbonyl (C=O) groups excluding carboxylic acids is 1. The van der Waals surface area contributed by atoms with Crippen LogP contribution < -0.4 is 0 Å². The molecular weight excluding hydrogens is 254 g/mol. The van der Waals surface area contributed by atoms with Gasteiger partial charge in [0.15, 0.2) is 5.78 Å². The van der Waals surface area contributed by atoms with Crippen molar-refractivity contribution in [2.45, 2.75) is 31.4 Å². The minimum Gasteiger partial charge on any atom is -0.301 e. The van der Waals surface area contributed by atoms with Crippen molar-refractivity contribution >= 4 is 17.5 Å². The lowest BCUT2D eigenvalue weighted by molar-refractivity contribution is 0.0975. The second-order valence-corrected chi connectivity index (χ2v) is 6.50. The molecule has 104 valence electrons. The lowest BCUT2D eigenvalue weighted by atomic mass is 10.1. The molecule has 1 aromatic rings. The third kappa shape index (κ3) is 4.66. The third-order valence-corrected chi connectivity index (χ3v) is 5.02. The molecule has 0 amide bonds. The first-order chi connectivity index (χ1) is 9.29. The van der Waals surface area contributed by atoms with Gasteiger partial charge in [-0.15, -0.1) is 0 Å². The van der Waals surface area contributed by atoms with Gasteiger partial charge in [-0.25, -0.2) is 0 Å². The number of ketones is 1. The summed E-state index contributed by atoms with van der Waals surface area (Å²) in [5.41, 5.74) is 0.850. The molecular formula is C16H23NOS. The number of thioether (sulfide) groups is 1. The van der Waals surface area contributed by atoms with Crippen molar-refractivity contribution in [2.75, 3.05) is 25.4 Å². The maximum atomic E-state index is 12.0. The van der Waals surface area contributed by atoms with Crippen LogP contribution in [0.1, 0.15) is 36.5 Å². The van der Waals surface area contributed by atoms with E-state index in [1.807, 2.05) is 30.3 Å². The molecule has 0 aromatic heterocycles. The van der Waals surface area contributed by atoms with Crippen molar-refractivity contribution in [2.24, 2.45) is 0 Å². The Morgan fingerprint density at radius 1 is 1.37 bits per heavy atom. The van der Waals surface area contributed by atoms with Crippen LogP contribution in [0.3, 0.4) is 0 Å². The van der Waals surface area contributed by atoms with Gasteiger partial charge >= 0.3 is 0 Å². The van der Waals surface area contributed by atoms with Crippen molar-refractivity contribution in [3.05, 3.63) is 35.9 Å². The highest BCUT2D eigenvalue weighted by Crippen LogP contribution is 2.21. The fraction of sp³-hybridized carbons (Fsp3) is 0.562. The molecule has 0 spiro atoms. The van der Waals surface area contributed by atoms with E-state index < -0.39 is 0 Å². The lowest BCUT2D eigenvalue weighted by Gasteiger charge is -2.31. The number of hydrogen-bond acceptors (Lipinski definition) is 3. The van der Waals surface area contributed by atoms with Crippen LogP contribution in [0.15, 0.2) is 30.3 Å². The van der Waals surface area contributed by atoms with E-state index in [4.69, 9.17) is 0 Å². The summed E-state index contributed by atoms with van der Waals surface area (Å²) >= 11 is 2.09. The molecule has 1 aliphatic rings. The number of nitrogens with zero attached hydrogens (tertiary/aromatic N) is 1. The first-order valence-electron chi connectivity index (χ1n) is 7.22. The Labute approximate surface area is 120 Å². The third-order valence-electron chi connectivity index (χ3n) is 3.65. The first kappa shape index (κ1) is 14.6. The Morgan fingerprint density at radius 2 is 2.16 bits per heavy atom. The Hall–Kier alpha value is -0.800. The Bertz CT molecular complexity index is 393. The molecule has 1 fully saturated rings. The highest BCUT2D eigenvalue weighted by Gasteiger charge is 2.18. The van der Waals surface area contributed by atoms with Crippen molar-refractivity contribution in [3.8, 4) is 0 Å². The summed E-state index contributed by atoms with van der Waals surface area (Å²) in [6, 6.07) is 9.63. The minimum atomic E-state index is 0.277. The van der Waals surface area contributed by atoms with Crippen LogP contribution in [-0.4, -0.2) is 41.3 Å². The summed E-state index contributed by atoms with van der Waals surface area (Å²) in [4.78, 5) is 14.5. The van der Waals surface area contributed by atoms with E-state index in [0.717, 1.165) is 23.8 Å². The van der Waals surface area contributed by atoms with E-state index in [2.05, 4.69) is 23.6 Å². The van der Waals surface area contributed by atoms with Gasteiger partial charge in [-0.2, -0.15) is 11.8 Å². The smallest absolute Gasteiger partial charge is 0.162 e. The quantitative estimate of drug-likeness (QED) is 0.743. The van der Waals surface area contributed by atoms with Crippen LogP contribution in [0.4, 0.5) is 0 Å². The molecule has 1 unspecified atom stereocenters. The lowest BCUT2D eigenvalue weighted by Crippen LogP contribution is -2.38. The predicted molar refractivity (Wildman–Crippen MR) is 83.0 cm³/mol. The van der Waals surface area contributed by atoms with Crippen LogP contribution in [0.2, 0.25) is 0 Å². The fourth-order valence-electron chi connectivity index (χ4n) is 2.46. The summed E-state index contributed by atoms with van der Waals surface area (Å²) in [5.74, 6) is 1.52. The molecule has 0 saturated carbocycles. The van der Waals surface area contributed by atoms with E-state index in [1.54, 1.807) is 0 Å². The molecule has 0 N–H and O–H groups in total. The normalized spacial score (nSPS) is 20.4. The summed E-state index contributed by atoms with van der Waals surface area (Å²) in [7, 11) is 0. The van der Waals surface area contributed by atoms with E-state index in [0.29, 0.717) is 6.42 Å². The van der Waals surface area contributed by atoms with Gasteiger partial charge in [0.25, 0.3) is 0 Å². The molecule has 0 bridgehead atoms. The van der Waals surface area contributed by atoms with Crippen LogP contribution in [0, 0.1) is 0 Å². The van der Waals surface area contributed by atoms with Crippen molar-refractivity contribution in [1.29, 1.82) is 0 Å². The summed E-state index contributed by atoms with van der Waals surface area (Å²) < 4.78 is 0. The Morgan fingerprint density at radius 3 is 2.89 bits per heavy atom. The monoisotopic (exact) mass is 277 g/mol. The molecule has 2 rings (SSSR count). The van der Waals surface area contributed by atoms with Gasteiger partial charge in [-0.05, 0) is 19.4 Å². The molecule has 1 heterocycles. The SMILES string of the molecule is CCC1CN(CCCC(=O)c2ccccc2)CCS1. The van der Waals surface area contributed by atoms with Crippen LogP contribution in [0.25, 0.3) is 0 Å². The molecule has 2 nitrogen and oxygen atoms in total. The minimum absolute atomic E-state index is 0.277. The number of hydrogen-bond donors (Lipinski definition) is 0. The van der Waals surface area contributed by atoms with Crippen molar-refractivity contribution in [1.82, 2.24) is 4.90 Å². The molecule has 1 atom stereocenters. The zero-order valence-electron chi connectivity index (χ0n) is 11.7. The average molecular weight is 277 g/mol. The highest BCUT2D eigenvalue weighted by atomic mass is 32.2. The molecule has 0 radical (unpaired) electrons. The Balaban J connectivity index is 1.70. The number of benzene rings is 1. The topological polar surface area (TPSA) is 20.3 Å². The van der Waals surface area contributed by atoms with E-state index in [-0.39, 0.29) is 5.78 Å². The molecule has 0 aliphatic carbocycles. The molecule has 1 aromatic carbocycles. The van der Waals surface area contributed by atoms with E-state index in [9.17, 15) is 4.79 Å². The molecule has 3 heteroatoms. The van der Waals surface area contributed by atoms with Crippen LogP contribution in [-0.2, 0) is 0 Å². The second-order valence-electron chi connectivity index (χ2n) is 5.09. The highest BCUT2D eigenvalue weighted by molar-refractivity contribution is 8.00. The number of rotatable bonds is 6.